The van der Waals surface area contributed by atoms with Crippen molar-refractivity contribution in [3.63, 3.8) is 0 Å². The van der Waals surface area contributed by atoms with Gasteiger partial charge in [-0.15, -0.1) is 11.8 Å². The number of aromatic nitrogens is 2. The summed E-state index contributed by atoms with van der Waals surface area (Å²) in [5.41, 5.74) is -4.08. The second-order valence-corrected chi connectivity index (χ2v) is 13.0. The Morgan fingerprint density at radius 2 is 1.62 bits per heavy atom. The maximum Gasteiger partial charge on any atom is 0.479 e. The van der Waals surface area contributed by atoms with E-state index in [9.17, 15) is 59.1 Å². The summed E-state index contributed by atoms with van der Waals surface area (Å²) < 4.78 is 44.6. The minimum Gasteiger partial charge on any atom is -0.394 e. The molecule has 3 rings (SSSR count). The van der Waals surface area contributed by atoms with Crippen molar-refractivity contribution in [1.82, 2.24) is 9.55 Å². The minimum absolute atomic E-state index is 0.387. The molecule has 11 atom stereocenters. The largest absolute Gasteiger partial charge is 0.479 e. The van der Waals surface area contributed by atoms with E-state index in [1.165, 1.54) is 0 Å². The highest BCUT2D eigenvalue weighted by Gasteiger charge is 2.47. The van der Waals surface area contributed by atoms with Gasteiger partial charge in [0, 0.05) is 12.3 Å². The highest BCUT2D eigenvalue weighted by Crippen LogP contribution is 2.61. The summed E-state index contributed by atoms with van der Waals surface area (Å²) in [4.78, 5) is 44.8. The number of rotatable bonds is 10. The van der Waals surface area contributed by atoms with E-state index in [1.54, 1.807) is 0 Å². The fourth-order valence-corrected chi connectivity index (χ4v) is 7.82. The Kier molecular flexibility index (Phi) is 9.94. The summed E-state index contributed by atoms with van der Waals surface area (Å²) in [5.74, 6) is 0. The van der Waals surface area contributed by atoms with E-state index in [2.05, 4.69) is 8.83 Å². The predicted molar refractivity (Wildman–Crippen MR) is 120 cm³/mol. The van der Waals surface area contributed by atoms with Crippen LogP contribution in [0.5, 0.6) is 0 Å². The lowest BCUT2D eigenvalue weighted by molar-refractivity contribution is -0.205. The maximum absolute atomic E-state index is 12.3. The number of aliphatic hydroxyl groups is 6. The quantitative estimate of drug-likeness (QED) is 0.116. The van der Waals surface area contributed by atoms with Gasteiger partial charge in [-0.1, -0.05) is 0 Å². The minimum atomic E-state index is -5.29. The Labute approximate surface area is 211 Å². The molecule has 0 amide bonds. The third-order valence-electron chi connectivity index (χ3n) is 5.35. The molecule has 212 valence electrons. The number of aliphatic hydroxyl groups excluding tert-OH is 6. The zero-order valence-electron chi connectivity index (χ0n) is 18.6. The summed E-state index contributed by atoms with van der Waals surface area (Å²) in [5, 5.41) is 59.0. The lowest BCUT2D eigenvalue weighted by Crippen LogP contribution is -2.57. The molecule has 0 aliphatic carbocycles. The number of hydrogen-bond acceptors (Lipinski definition) is 15. The average Bonchev–Trinajstić information content (AvgIpc) is 3.09. The molecule has 2 aliphatic rings. The van der Waals surface area contributed by atoms with Crippen LogP contribution in [0.2, 0.25) is 0 Å². The Hall–Kier alpha value is -0.990. The van der Waals surface area contributed by atoms with Gasteiger partial charge in [0.1, 0.15) is 48.2 Å². The third kappa shape index (κ3) is 7.36. The van der Waals surface area contributed by atoms with Crippen LogP contribution in [0.1, 0.15) is 6.23 Å². The topological polar surface area (TPSA) is 288 Å². The summed E-state index contributed by atoms with van der Waals surface area (Å²) >= 11 is 0.387. The molecule has 2 saturated heterocycles. The second-order valence-electron chi connectivity index (χ2n) is 8.04. The van der Waals surface area contributed by atoms with E-state index in [-0.39, 0.29) is 0 Å². The van der Waals surface area contributed by atoms with Crippen molar-refractivity contribution in [3.05, 3.63) is 33.1 Å². The van der Waals surface area contributed by atoms with Crippen molar-refractivity contribution in [2.24, 2.45) is 0 Å². The van der Waals surface area contributed by atoms with Gasteiger partial charge in [-0.2, -0.15) is 0 Å². The third-order valence-corrected chi connectivity index (χ3v) is 10.3. The fourth-order valence-electron chi connectivity index (χ4n) is 3.47. The first-order valence-corrected chi connectivity index (χ1v) is 14.7. The number of nitrogens with one attached hydrogen (secondary N) is 1. The lowest BCUT2D eigenvalue weighted by atomic mass is 10.0. The van der Waals surface area contributed by atoms with Crippen molar-refractivity contribution < 1.29 is 67.9 Å². The molecule has 0 bridgehead atoms. The molecule has 0 radical (unpaired) electrons. The van der Waals surface area contributed by atoms with Gasteiger partial charge in [-0.3, -0.25) is 23.4 Å². The van der Waals surface area contributed by atoms with Gasteiger partial charge >= 0.3 is 21.1 Å². The van der Waals surface area contributed by atoms with Crippen LogP contribution in [0.4, 0.5) is 0 Å². The number of aromatic amines is 1. The molecule has 0 saturated carbocycles. The number of nitrogens with zero attached hydrogens (tertiary/aromatic N) is 1. The van der Waals surface area contributed by atoms with Crippen molar-refractivity contribution >= 4 is 27.2 Å². The van der Waals surface area contributed by atoms with Crippen molar-refractivity contribution in [3.8, 4) is 0 Å². The van der Waals surface area contributed by atoms with Gasteiger partial charge in [0.15, 0.2) is 6.23 Å². The van der Waals surface area contributed by atoms with E-state index in [0.717, 1.165) is 16.8 Å². The number of ether oxygens (including phenoxy) is 2. The number of phosphoric acid groups is 1. The smallest absolute Gasteiger partial charge is 0.394 e. The lowest BCUT2D eigenvalue weighted by Gasteiger charge is -2.39. The Morgan fingerprint density at radius 1 is 0.973 bits per heavy atom. The van der Waals surface area contributed by atoms with Crippen LogP contribution < -0.4 is 11.2 Å². The van der Waals surface area contributed by atoms with Gasteiger partial charge in [0.2, 0.25) is 0 Å². The van der Waals surface area contributed by atoms with Gasteiger partial charge < -0.3 is 49.9 Å². The molecule has 21 heteroatoms. The SMILES string of the molecule is O=c1ccn([C@@H]2O[C@H](COP(=O)(O)OP(=O)(O)CS[C@@H]3O[C@H](CO)[C@@H](O)[C@H](O)[C@H]3O)[C@@H](O)[C@H]2O)c(=O)[nH]1. The van der Waals surface area contributed by atoms with Crippen LogP contribution in [-0.2, 0) is 27.4 Å². The molecule has 1 aromatic rings. The predicted octanol–water partition coefficient (Wildman–Crippen LogP) is -4.03. The van der Waals surface area contributed by atoms with E-state index in [4.69, 9.17) is 9.47 Å². The molecular formula is C16H26N2O16P2S. The standard InChI is InChI=1S/C16H26N2O16P2S/c19-3-6-9(21)11(23)13(25)15(33-6)37-5-35(27,28)34-36(29,30)31-4-7-10(22)12(24)14(32-7)18-2-1-8(20)17-16(18)26/h1-2,6-7,9-15,19,21-25H,3-5H2,(H,27,28)(H,29,30)(H,17,20,26)/t6-,7-,9-,10-,11+,12-,13-,14-,15+/m1/s1. The zero-order valence-corrected chi connectivity index (χ0v) is 21.2. The van der Waals surface area contributed by atoms with Crippen LogP contribution in [0.25, 0.3) is 0 Å². The number of hydrogen-bond donors (Lipinski definition) is 9. The van der Waals surface area contributed by atoms with Crippen LogP contribution >= 0.6 is 27.2 Å². The van der Waals surface area contributed by atoms with E-state index >= 15 is 0 Å². The number of thioether (sulfide) groups is 1. The van der Waals surface area contributed by atoms with Crippen LogP contribution in [0.3, 0.4) is 0 Å². The summed E-state index contributed by atoms with van der Waals surface area (Å²) in [6.07, 6.45) is -11.9. The molecule has 2 unspecified atom stereocenters. The number of phosphoric ester groups is 1. The molecule has 37 heavy (non-hydrogen) atoms. The van der Waals surface area contributed by atoms with Gasteiger partial charge in [0.05, 0.1) is 18.7 Å². The normalized spacial score (nSPS) is 37.7. The number of H-pyrrole nitrogens is 1. The van der Waals surface area contributed by atoms with Crippen molar-refractivity contribution in [2.45, 2.75) is 54.4 Å². The van der Waals surface area contributed by atoms with E-state index in [1.807, 2.05) is 4.98 Å². The second kappa shape index (κ2) is 12.0. The zero-order chi connectivity index (χ0) is 27.7. The molecule has 18 nitrogen and oxygen atoms in total. The first-order valence-electron chi connectivity index (χ1n) is 10.4. The van der Waals surface area contributed by atoms with Gasteiger partial charge in [-0.25, -0.2) is 13.7 Å². The molecule has 1 aromatic heterocycles. The highest BCUT2D eigenvalue weighted by atomic mass is 32.2. The maximum atomic E-state index is 12.3. The molecule has 9 N–H and O–H groups in total. The summed E-state index contributed by atoms with van der Waals surface area (Å²) in [7, 11) is -10.2. The van der Waals surface area contributed by atoms with Gasteiger partial charge in [0.25, 0.3) is 5.56 Å². The summed E-state index contributed by atoms with van der Waals surface area (Å²) in [6, 6.07) is 0.949. The first-order chi connectivity index (χ1) is 17.2. The molecule has 2 aliphatic heterocycles. The summed E-state index contributed by atoms with van der Waals surface area (Å²) in [6.45, 7) is -1.68. The van der Waals surface area contributed by atoms with E-state index in [0.29, 0.717) is 11.8 Å². The molecule has 0 spiro atoms. The van der Waals surface area contributed by atoms with Gasteiger partial charge in [-0.05, 0) is 0 Å². The monoisotopic (exact) mass is 596 g/mol. The molecule has 0 aromatic carbocycles. The first kappa shape index (κ1) is 30.6. The van der Waals surface area contributed by atoms with Crippen LogP contribution in [0, 0.1) is 0 Å². The molecular weight excluding hydrogens is 570 g/mol. The Morgan fingerprint density at radius 3 is 2.24 bits per heavy atom. The van der Waals surface area contributed by atoms with E-state index < -0.39 is 99.8 Å². The van der Waals surface area contributed by atoms with Crippen LogP contribution in [0.15, 0.2) is 21.9 Å². The van der Waals surface area contributed by atoms with Crippen molar-refractivity contribution in [2.75, 3.05) is 18.7 Å². The van der Waals surface area contributed by atoms with Crippen LogP contribution in [-0.4, -0.2) is 117 Å². The van der Waals surface area contributed by atoms with Crippen molar-refractivity contribution in [1.29, 1.82) is 0 Å². The molecule has 3 heterocycles. The highest BCUT2D eigenvalue weighted by molar-refractivity contribution is 8.05. The average molecular weight is 596 g/mol. The fraction of sp³-hybridized carbons (Fsp3) is 0.750. The Bertz CT molecular complexity index is 1150. The Balaban J connectivity index is 1.56. The molecule has 2 fully saturated rings.